The van der Waals surface area contributed by atoms with E-state index in [0.29, 0.717) is 24.5 Å². The lowest BCUT2D eigenvalue weighted by Gasteiger charge is -2.18. The average molecular weight is 330 g/mol. The molecule has 1 aliphatic rings. The molecular weight excluding hydrogens is 310 g/mol. The highest BCUT2D eigenvalue weighted by atomic mass is 35.5. The Balaban J connectivity index is 1.43. The lowest BCUT2D eigenvalue weighted by molar-refractivity contribution is -0.122. The van der Waals surface area contributed by atoms with Crippen LogP contribution in [-0.4, -0.2) is 12.5 Å². The van der Waals surface area contributed by atoms with E-state index in [-0.39, 0.29) is 11.4 Å². The number of para-hydroxylation sites is 1. The molecule has 0 aliphatic heterocycles. The van der Waals surface area contributed by atoms with E-state index in [1.54, 1.807) is 0 Å². The summed E-state index contributed by atoms with van der Waals surface area (Å²) in [6.45, 7) is 0.547. The second kappa shape index (κ2) is 7.05. The standard InChI is InChI=1S/C19H20ClNO2/c20-16-10-8-15(9-11-16)19(12-13-19)21-18(22)7-4-14-23-17-5-2-1-3-6-17/h1-3,5-6,8-11H,4,7,12-14H2,(H,21,22). The molecule has 2 aromatic carbocycles. The molecule has 0 spiro atoms. The van der Waals surface area contributed by atoms with Gasteiger partial charge in [0.2, 0.25) is 5.91 Å². The molecule has 2 aromatic rings. The predicted molar refractivity (Wildman–Crippen MR) is 91.7 cm³/mol. The minimum atomic E-state index is -0.179. The Morgan fingerprint density at radius 3 is 2.43 bits per heavy atom. The number of nitrogens with one attached hydrogen (secondary N) is 1. The number of hydrogen-bond acceptors (Lipinski definition) is 2. The van der Waals surface area contributed by atoms with Gasteiger partial charge in [0, 0.05) is 11.4 Å². The molecule has 4 heteroatoms. The predicted octanol–water partition coefficient (Wildman–Crippen LogP) is 4.30. The molecule has 0 bridgehead atoms. The van der Waals surface area contributed by atoms with Gasteiger partial charge in [0.25, 0.3) is 0 Å². The number of carbonyl (C=O) groups is 1. The zero-order valence-electron chi connectivity index (χ0n) is 12.9. The van der Waals surface area contributed by atoms with Crippen molar-refractivity contribution in [2.24, 2.45) is 0 Å². The molecule has 0 atom stereocenters. The van der Waals surface area contributed by atoms with Gasteiger partial charge < -0.3 is 10.1 Å². The summed E-state index contributed by atoms with van der Waals surface area (Å²) in [5, 5.41) is 3.88. The monoisotopic (exact) mass is 329 g/mol. The van der Waals surface area contributed by atoms with Crippen molar-refractivity contribution in [2.75, 3.05) is 6.61 Å². The maximum atomic E-state index is 12.2. The first-order valence-electron chi connectivity index (χ1n) is 7.93. The van der Waals surface area contributed by atoms with E-state index in [1.807, 2.05) is 54.6 Å². The highest BCUT2D eigenvalue weighted by molar-refractivity contribution is 6.30. The molecule has 23 heavy (non-hydrogen) atoms. The van der Waals surface area contributed by atoms with Crippen LogP contribution in [0.15, 0.2) is 54.6 Å². The summed E-state index contributed by atoms with van der Waals surface area (Å²) in [5.41, 5.74) is 0.956. The van der Waals surface area contributed by atoms with E-state index in [0.717, 1.165) is 24.2 Å². The zero-order chi connectivity index (χ0) is 16.1. The Bertz CT molecular complexity index is 651. The van der Waals surface area contributed by atoms with Crippen molar-refractivity contribution in [3.63, 3.8) is 0 Å². The summed E-state index contributed by atoms with van der Waals surface area (Å²) in [6.07, 6.45) is 3.15. The zero-order valence-corrected chi connectivity index (χ0v) is 13.7. The summed E-state index contributed by atoms with van der Waals surface area (Å²) in [5.74, 6) is 0.918. The first-order chi connectivity index (χ1) is 11.2. The second-order valence-electron chi connectivity index (χ2n) is 5.90. The Kier molecular flexibility index (Phi) is 4.87. The van der Waals surface area contributed by atoms with Crippen molar-refractivity contribution in [1.29, 1.82) is 0 Å². The van der Waals surface area contributed by atoms with Gasteiger partial charge in [0.1, 0.15) is 5.75 Å². The van der Waals surface area contributed by atoms with Gasteiger partial charge in [0.05, 0.1) is 12.1 Å². The van der Waals surface area contributed by atoms with Gasteiger partial charge in [-0.15, -0.1) is 0 Å². The Labute approximate surface area is 141 Å². The van der Waals surface area contributed by atoms with E-state index in [2.05, 4.69) is 5.32 Å². The summed E-state index contributed by atoms with van der Waals surface area (Å²) in [7, 11) is 0. The van der Waals surface area contributed by atoms with Crippen LogP contribution in [0.5, 0.6) is 5.75 Å². The maximum Gasteiger partial charge on any atom is 0.220 e. The van der Waals surface area contributed by atoms with Gasteiger partial charge in [-0.1, -0.05) is 41.9 Å². The van der Waals surface area contributed by atoms with Crippen molar-refractivity contribution in [1.82, 2.24) is 5.32 Å². The van der Waals surface area contributed by atoms with Gasteiger partial charge in [-0.25, -0.2) is 0 Å². The van der Waals surface area contributed by atoms with E-state index in [4.69, 9.17) is 16.3 Å². The minimum absolute atomic E-state index is 0.0779. The van der Waals surface area contributed by atoms with Crippen LogP contribution in [0.1, 0.15) is 31.2 Å². The van der Waals surface area contributed by atoms with Gasteiger partial charge in [-0.3, -0.25) is 4.79 Å². The van der Waals surface area contributed by atoms with E-state index < -0.39 is 0 Å². The van der Waals surface area contributed by atoms with Crippen LogP contribution in [-0.2, 0) is 10.3 Å². The lowest BCUT2D eigenvalue weighted by Crippen LogP contribution is -2.34. The highest BCUT2D eigenvalue weighted by Crippen LogP contribution is 2.45. The third kappa shape index (κ3) is 4.26. The van der Waals surface area contributed by atoms with Crippen LogP contribution in [0.2, 0.25) is 5.02 Å². The molecule has 0 heterocycles. The summed E-state index contributed by atoms with van der Waals surface area (Å²) < 4.78 is 5.61. The number of carbonyl (C=O) groups excluding carboxylic acids is 1. The smallest absolute Gasteiger partial charge is 0.220 e. The molecule has 0 unspecified atom stereocenters. The van der Waals surface area contributed by atoms with Crippen LogP contribution in [0, 0.1) is 0 Å². The fourth-order valence-electron chi connectivity index (χ4n) is 2.65. The molecule has 1 aliphatic carbocycles. The number of ether oxygens (including phenoxy) is 1. The number of rotatable bonds is 7. The molecule has 0 saturated heterocycles. The summed E-state index contributed by atoms with van der Waals surface area (Å²) in [4.78, 5) is 12.2. The number of amides is 1. The largest absolute Gasteiger partial charge is 0.494 e. The molecule has 1 N–H and O–H groups in total. The average Bonchev–Trinajstić information content (AvgIpc) is 3.34. The molecule has 0 aromatic heterocycles. The maximum absolute atomic E-state index is 12.2. The fraction of sp³-hybridized carbons (Fsp3) is 0.316. The Morgan fingerprint density at radius 2 is 1.78 bits per heavy atom. The Morgan fingerprint density at radius 1 is 1.09 bits per heavy atom. The first-order valence-corrected chi connectivity index (χ1v) is 8.31. The van der Waals surface area contributed by atoms with E-state index in [9.17, 15) is 4.79 Å². The third-order valence-electron chi connectivity index (χ3n) is 4.09. The highest BCUT2D eigenvalue weighted by Gasteiger charge is 2.45. The summed E-state index contributed by atoms with van der Waals surface area (Å²) >= 11 is 5.92. The van der Waals surface area contributed by atoms with Crippen LogP contribution in [0.4, 0.5) is 0 Å². The van der Waals surface area contributed by atoms with Crippen LogP contribution < -0.4 is 10.1 Å². The van der Waals surface area contributed by atoms with Gasteiger partial charge in [0.15, 0.2) is 0 Å². The summed E-state index contributed by atoms with van der Waals surface area (Å²) in [6, 6.07) is 17.4. The van der Waals surface area contributed by atoms with Crippen molar-refractivity contribution in [3.05, 3.63) is 65.2 Å². The van der Waals surface area contributed by atoms with Crippen molar-refractivity contribution >= 4 is 17.5 Å². The number of benzene rings is 2. The van der Waals surface area contributed by atoms with Gasteiger partial charge in [-0.2, -0.15) is 0 Å². The topological polar surface area (TPSA) is 38.3 Å². The first kappa shape index (κ1) is 15.9. The third-order valence-corrected chi connectivity index (χ3v) is 4.34. The van der Waals surface area contributed by atoms with Crippen molar-refractivity contribution in [2.45, 2.75) is 31.2 Å². The van der Waals surface area contributed by atoms with Crippen LogP contribution in [0.3, 0.4) is 0 Å². The van der Waals surface area contributed by atoms with Crippen molar-refractivity contribution in [3.8, 4) is 5.75 Å². The molecule has 3 nitrogen and oxygen atoms in total. The normalized spacial score (nSPS) is 15.0. The molecule has 3 rings (SSSR count). The van der Waals surface area contributed by atoms with Crippen molar-refractivity contribution < 1.29 is 9.53 Å². The van der Waals surface area contributed by atoms with Gasteiger partial charge in [-0.05, 0) is 49.1 Å². The molecular formula is C19H20ClNO2. The number of hydrogen-bond donors (Lipinski definition) is 1. The molecule has 1 saturated carbocycles. The molecule has 1 fully saturated rings. The van der Waals surface area contributed by atoms with Crippen LogP contribution >= 0.6 is 11.6 Å². The fourth-order valence-corrected chi connectivity index (χ4v) is 2.77. The number of halogens is 1. The molecule has 120 valence electrons. The van der Waals surface area contributed by atoms with E-state index >= 15 is 0 Å². The van der Waals surface area contributed by atoms with Crippen LogP contribution in [0.25, 0.3) is 0 Å². The second-order valence-corrected chi connectivity index (χ2v) is 6.34. The van der Waals surface area contributed by atoms with E-state index in [1.165, 1.54) is 0 Å². The SMILES string of the molecule is O=C(CCCOc1ccccc1)NC1(c2ccc(Cl)cc2)CC1. The Hall–Kier alpha value is -2.00. The lowest BCUT2D eigenvalue weighted by atomic mass is 10.0. The minimum Gasteiger partial charge on any atom is -0.494 e. The van der Waals surface area contributed by atoms with Gasteiger partial charge >= 0.3 is 0 Å². The molecule has 0 radical (unpaired) electrons. The molecule has 1 amide bonds. The quantitative estimate of drug-likeness (QED) is 0.769.